The minimum Gasteiger partial charge on any atom is -0.481 e. The minimum absolute atomic E-state index is 0.0725. The fourth-order valence-corrected chi connectivity index (χ4v) is 2.64. The second kappa shape index (κ2) is 7.26. The summed E-state index contributed by atoms with van der Waals surface area (Å²) in [5, 5.41) is 11.6. The van der Waals surface area contributed by atoms with E-state index in [-0.39, 0.29) is 12.3 Å². The Hall–Kier alpha value is -2.08. The Morgan fingerprint density at radius 2 is 2.09 bits per heavy atom. The number of nitrogens with zero attached hydrogens (tertiary/aromatic N) is 1. The lowest BCUT2D eigenvalue weighted by atomic mass is 10.1. The molecule has 1 amide bonds. The molecule has 1 aromatic heterocycles. The molecular weight excluding hydrogens is 348 g/mol. The first-order valence-corrected chi connectivity index (χ1v) is 7.76. The number of benzene rings is 1. The molecule has 0 unspecified atom stereocenters. The van der Waals surface area contributed by atoms with Gasteiger partial charge in [0.25, 0.3) is 5.91 Å². The van der Waals surface area contributed by atoms with Crippen LogP contribution < -0.4 is 5.32 Å². The van der Waals surface area contributed by atoms with Gasteiger partial charge in [0.05, 0.1) is 0 Å². The average molecular weight is 365 g/mol. The molecule has 2 rings (SSSR count). The smallest absolute Gasteiger partial charge is 0.303 e. The topological polar surface area (TPSA) is 71.3 Å². The van der Waals surface area contributed by atoms with Gasteiger partial charge >= 0.3 is 5.97 Å². The number of carboxylic acid groups (broad SMARTS) is 1. The summed E-state index contributed by atoms with van der Waals surface area (Å²) >= 11 is 3.37. The number of halogens is 1. The number of carbonyl (C=O) groups excluding carboxylic acids is 1. The monoisotopic (exact) mass is 364 g/mol. The van der Waals surface area contributed by atoms with E-state index in [0.29, 0.717) is 24.3 Å². The molecule has 116 valence electrons. The van der Waals surface area contributed by atoms with Crippen LogP contribution in [-0.4, -0.2) is 21.6 Å². The third-order valence-electron chi connectivity index (χ3n) is 3.25. The Kier molecular flexibility index (Phi) is 5.38. The zero-order valence-electron chi connectivity index (χ0n) is 12.2. The maximum atomic E-state index is 12.3. The van der Waals surface area contributed by atoms with Crippen LogP contribution in [0, 0.1) is 0 Å². The average Bonchev–Trinajstić information content (AvgIpc) is 2.87. The summed E-state index contributed by atoms with van der Waals surface area (Å²) in [6.07, 6.45) is 2.37. The molecule has 22 heavy (non-hydrogen) atoms. The molecule has 5 nitrogen and oxygen atoms in total. The first-order chi connectivity index (χ1) is 10.5. The summed E-state index contributed by atoms with van der Waals surface area (Å²) in [5.74, 6) is -1.03. The molecule has 0 radical (unpaired) electrons. The predicted molar refractivity (Wildman–Crippen MR) is 88.2 cm³/mol. The first kappa shape index (κ1) is 16.3. The van der Waals surface area contributed by atoms with Gasteiger partial charge in [-0.3, -0.25) is 9.59 Å². The van der Waals surface area contributed by atoms with Crippen molar-refractivity contribution in [3.63, 3.8) is 0 Å². The summed E-state index contributed by atoms with van der Waals surface area (Å²) in [4.78, 5) is 23.0. The van der Waals surface area contributed by atoms with E-state index in [4.69, 9.17) is 5.11 Å². The zero-order chi connectivity index (χ0) is 16.1. The molecule has 0 aliphatic heterocycles. The normalized spacial score (nSPS) is 10.5. The van der Waals surface area contributed by atoms with Crippen molar-refractivity contribution in [2.45, 2.75) is 26.3 Å². The van der Waals surface area contributed by atoms with Crippen LogP contribution in [0.5, 0.6) is 0 Å². The molecule has 1 heterocycles. The van der Waals surface area contributed by atoms with Crippen molar-refractivity contribution >= 4 is 33.5 Å². The third-order valence-corrected chi connectivity index (χ3v) is 3.68. The van der Waals surface area contributed by atoms with Gasteiger partial charge in [-0.15, -0.1) is 0 Å². The fraction of sp³-hybridized carbons (Fsp3) is 0.250. The Labute approximate surface area is 137 Å². The van der Waals surface area contributed by atoms with Gasteiger partial charge in [-0.1, -0.05) is 12.1 Å². The van der Waals surface area contributed by atoms with Crippen molar-refractivity contribution in [2.24, 2.45) is 0 Å². The Morgan fingerprint density at radius 1 is 1.32 bits per heavy atom. The molecule has 0 atom stereocenters. The molecule has 0 aliphatic carbocycles. The van der Waals surface area contributed by atoms with Gasteiger partial charge in [-0.05, 0) is 53.0 Å². The number of aryl methyl sites for hydroxylation is 2. The van der Waals surface area contributed by atoms with E-state index in [1.807, 2.05) is 29.8 Å². The van der Waals surface area contributed by atoms with Crippen molar-refractivity contribution in [3.8, 4) is 0 Å². The van der Waals surface area contributed by atoms with Crippen LogP contribution in [-0.2, 0) is 17.8 Å². The lowest BCUT2D eigenvalue weighted by Gasteiger charge is -2.09. The second-order valence-electron chi connectivity index (χ2n) is 4.88. The molecule has 0 saturated heterocycles. The second-order valence-corrected chi connectivity index (χ2v) is 5.79. The lowest BCUT2D eigenvalue weighted by Crippen LogP contribution is -2.16. The molecule has 0 spiro atoms. The summed E-state index contributed by atoms with van der Waals surface area (Å²) in [6.45, 7) is 2.67. The largest absolute Gasteiger partial charge is 0.481 e. The van der Waals surface area contributed by atoms with Crippen molar-refractivity contribution in [2.75, 3.05) is 5.32 Å². The van der Waals surface area contributed by atoms with E-state index < -0.39 is 5.97 Å². The first-order valence-electron chi connectivity index (χ1n) is 6.97. The maximum absolute atomic E-state index is 12.3. The molecule has 0 saturated carbocycles. The van der Waals surface area contributed by atoms with Gasteiger partial charge in [-0.2, -0.15) is 0 Å². The predicted octanol–water partition coefficient (Wildman–Crippen LogP) is 3.54. The molecular formula is C16H17BrN2O3. The molecule has 2 N–H and O–H groups in total. The molecule has 0 bridgehead atoms. The van der Waals surface area contributed by atoms with Crippen LogP contribution in [0.3, 0.4) is 0 Å². The van der Waals surface area contributed by atoms with E-state index in [0.717, 1.165) is 10.0 Å². The van der Waals surface area contributed by atoms with Crippen molar-refractivity contribution < 1.29 is 14.7 Å². The van der Waals surface area contributed by atoms with E-state index in [1.54, 1.807) is 18.2 Å². The highest BCUT2D eigenvalue weighted by atomic mass is 79.9. The fourth-order valence-electron chi connectivity index (χ4n) is 2.18. The van der Waals surface area contributed by atoms with Gasteiger partial charge in [0, 0.05) is 29.3 Å². The number of hydrogen-bond donors (Lipinski definition) is 2. The molecule has 6 heteroatoms. The Balaban J connectivity index is 2.11. The number of anilines is 1. The third kappa shape index (κ3) is 4.21. The van der Waals surface area contributed by atoms with E-state index in [9.17, 15) is 9.59 Å². The summed E-state index contributed by atoms with van der Waals surface area (Å²) in [7, 11) is 0. The van der Waals surface area contributed by atoms with Gasteiger partial charge in [0.1, 0.15) is 5.69 Å². The molecule has 0 aliphatic rings. The van der Waals surface area contributed by atoms with Crippen LogP contribution in [0.2, 0.25) is 0 Å². The number of carboxylic acids is 1. The SMILES string of the molecule is CCn1cc(Br)cc1C(=O)Nc1cccc(CCC(=O)O)c1. The number of aromatic nitrogens is 1. The molecule has 1 aromatic carbocycles. The van der Waals surface area contributed by atoms with Gasteiger partial charge in [0.2, 0.25) is 0 Å². The van der Waals surface area contributed by atoms with E-state index in [1.165, 1.54) is 0 Å². The van der Waals surface area contributed by atoms with Crippen molar-refractivity contribution in [1.82, 2.24) is 4.57 Å². The van der Waals surface area contributed by atoms with Gasteiger partial charge < -0.3 is 15.0 Å². The highest BCUT2D eigenvalue weighted by molar-refractivity contribution is 9.10. The van der Waals surface area contributed by atoms with Crippen LogP contribution >= 0.6 is 15.9 Å². The number of hydrogen-bond acceptors (Lipinski definition) is 2. The quantitative estimate of drug-likeness (QED) is 0.823. The van der Waals surface area contributed by atoms with Crippen molar-refractivity contribution in [1.29, 1.82) is 0 Å². The maximum Gasteiger partial charge on any atom is 0.303 e. The zero-order valence-corrected chi connectivity index (χ0v) is 13.8. The van der Waals surface area contributed by atoms with E-state index >= 15 is 0 Å². The number of carbonyl (C=O) groups is 2. The van der Waals surface area contributed by atoms with Gasteiger partial charge in [0.15, 0.2) is 0 Å². The molecule has 2 aromatic rings. The van der Waals surface area contributed by atoms with Crippen LogP contribution in [0.4, 0.5) is 5.69 Å². The van der Waals surface area contributed by atoms with Crippen LogP contribution in [0.25, 0.3) is 0 Å². The molecule has 0 fully saturated rings. The Morgan fingerprint density at radius 3 is 2.77 bits per heavy atom. The Bertz CT molecular complexity index is 694. The summed E-state index contributed by atoms with van der Waals surface area (Å²) in [6, 6.07) is 9.02. The van der Waals surface area contributed by atoms with Gasteiger partial charge in [-0.25, -0.2) is 0 Å². The standard InChI is InChI=1S/C16H17BrN2O3/c1-2-19-10-12(17)9-14(19)16(22)18-13-5-3-4-11(8-13)6-7-15(20)21/h3-5,8-10H,2,6-7H2,1H3,(H,18,22)(H,20,21). The highest BCUT2D eigenvalue weighted by Gasteiger charge is 2.12. The minimum atomic E-state index is -0.833. The highest BCUT2D eigenvalue weighted by Crippen LogP contribution is 2.18. The van der Waals surface area contributed by atoms with Crippen LogP contribution in [0.15, 0.2) is 41.0 Å². The van der Waals surface area contributed by atoms with Crippen molar-refractivity contribution in [3.05, 3.63) is 52.3 Å². The number of nitrogens with one attached hydrogen (secondary N) is 1. The number of rotatable bonds is 6. The number of amides is 1. The van der Waals surface area contributed by atoms with E-state index in [2.05, 4.69) is 21.2 Å². The summed E-state index contributed by atoms with van der Waals surface area (Å²) in [5.41, 5.74) is 2.12. The van der Waals surface area contributed by atoms with Crippen LogP contribution in [0.1, 0.15) is 29.4 Å². The lowest BCUT2D eigenvalue weighted by molar-refractivity contribution is -0.136. The summed E-state index contributed by atoms with van der Waals surface area (Å²) < 4.78 is 2.71. The number of aliphatic carboxylic acids is 1.